The third-order valence-electron chi connectivity index (χ3n) is 3.48. The maximum atomic E-state index is 13.9. The van der Waals surface area contributed by atoms with Gasteiger partial charge in [0.15, 0.2) is 0 Å². The lowest BCUT2D eigenvalue weighted by atomic mass is 10.2. The normalized spacial score (nSPS) is 12.1. The number of benzene rings is 1. The van der Waals surface area contributed by atoms with Crippen molar-refractivity contribution >= 4 is 17.2 Å². The Hall–Kier alpha value is -2.61. The highest BCUT2D eigenvalue weighted by atomic mass is 32.1. The molecule has 0 spiro atoms. The fraction of sp³-hybridized carbons (Fsp3) is 0.250. The molecular weight excluding hydrogens is 329 g/mol. The zero-order valence-electron chi connectivity index (χ0n) is 13.2. The summed E-state index contributed by atoms with van der Waals surface area (Å²) in [4.78, 5) is 21.2. The van der Waals surface area contributed by atoms with E-state index in [4.69, 9.17) is 0 Å². The molecule has 0 fully saturated rings. The molecule has 0 saturated heterocycles. The fourth-order valence-corrected chi connectivity index (χ4v) is 3.47. The molecule has 1 amide bonds. The number of nitrogens with zero attached hydrogens (tertiary/aromatic N) is 4. The first-order valence-electron chi connectivity index (χ1n) is 7.38. The number of halogens is 1. The predicted molar refractivity (Wildman–Crippen MR) is 88.8 cm³/mol. The van der Waals surface area contributed by atoms with E-state index in [9.17, 15) is 9.18 Å². The van der Waals surface area contributed by atoms with Crippen LogP contribution in [0.15, 0.2) is 36.9 Å². The van der Waals surface area contributed by atoms with Crippen molar-refractivity contribution in [3.8, 4) is 10.6 Å². The van der Waals surface area contributed by atoms with Gasteiger partial charge in [-0.1, -0.05) is 12.1 Å². The predicted octanol–water partition coefficient (Wildman–Crippen LogP) is 2.73. The van der Waals surface area contributed by atoms with Crippen LogP contribution >= 0.6 is 11.3 Å². The van der Waals surface area contributed by atoms with Gasteiger partial charge in [-0.3, -0.25) is 4.79 Å². The molecule has 0 saturated carbocycles. The topological polar surface area (TPSA) is 72.7 Å². The van der Waals surface area contributed by atoms with Gasteiger partial charge in [0.25, 0.3) is 0 Å². The average Bonchev–Trinajstić information content (AvgIpc) is 3.17. The van der Waals surface area contributed by atoms with Crippen molar-refractivity contribution in [1.82, 2.24) is 25.1 Å². The number of nitrogens with one attached hydrogen (secondary N) is 1. The molecule has 1 aromatic carbocycles. The summed E-state index contributed by atoms with van der Waals surface area (Å²) in [5.74, 6) is -0.478. The molecule has 8 heteroatoms. The van der Waals surface area contributed by atoms with E-state index in [1.165, 1.54) is 34.7 Å². The molecular formula is C16H16FN5OS. The molecule has 0 aliphatic carbocycles. The number of aromatic nitrogens is 4. The third-order valence-corrected chi connectivity index (χ3v) is 4.85. The zero-order valence-corrected chi connectivity index (χ0v) is 14.0. The van der Waals surface area contributed by atoms with E-state index in [-0.39, 0.29) is 24.3 Å². The first kappa shape index (κ1) is 16.3. The molecule has 124 valence electrons. The Labute approximate surface area is 142 Å². The summed E-state index contributed by atoms with van der Waals surface area (Å²) in [5.41, 5.74) is 1.25. The number of carbonyl (C=O) groups is 1. The number of amides is 1. The smallest absolute Gasteiger partial charge is 0.242 e. The minimum absolute atomic E-state index is 0.0996. The molecule has 0 aliphatic rings. The number of hydrogen-bond acceptors (Lipinski definition) is 5. The summed E-state index contributed by atoms with van der Waals surface area (Å²) < 4.78 is 15.4. The minimum Gasteiger partial charge on any atom is -0.347 e. The Bertz CT molecular complexity index is 846. The van der Waals surface area contributed by atoms with E-state index in [2.05, 4.69) is 20.4 Å². The number of aryl methyl sites for hydroxylation is 1. The van der Waals surface area contributed by atoms with Crippen LogP contribution in [0.3, 0.4) is 0 Å². The molecule has 3 rings (SSSR count). The van der Waals surface area contributed by atoms with E-state index in [1.807, 2.05) is 13.8 Å². The van der Waals surface area contributed by atoms with Gasteiger partial charge in [0, 0.05) is 5.56 Å². The van der Waals surface area contributed by atoms with Crippen molar-refractivity contribution in [3.05, 3.63) is 53.3 Å². The molecule has 1 atom stereocenters. The Balaban J connectivity index is 1.75. The lowest BCUT2D eigenvalue weighted by molar-refractivity contribution is -0.122. The Morgan fingerprint density at radius 2 is 2.21 bits per heavy atom. The van der Waals surface area contributed by atoms with E-state index in [0.29, 0.717) is 10.6 Å². The molecule has 0 aliphatic heterocycles. The molecule has 2 aromatic heterocycles. The van der Waals surface area contributed by atoms with Crippen molar-refractivity contribution in [2.75, 3.05) is 0 Å². The van der Waals surface area contributed by atoms with Gasteiger partial charge in [-0.2, -0.15) is 5.10 Å². The van der Waals surface area contributed by atoms with Crippen LogP contribution in [0, 0.1) is 12.7 Å². The van der Waals surface area contributed by atoms with Crippen LogP contribution in [-0.2, 0) is 11.3 Å². The SMILES string of the molecule is Cc1nc(-c2ccccc2F)sc1C(C)NC(=O)Cn1cncn1. The van der Waals surface area contributed by atoms with Gasteiger partial charge in [0.05, 0.1) is 16.6 Å². The van der Waals surface area contributed by atoms with Crippen molar-refractivity contribution in [1.29, 1.82) is 0 Å². The monoisotopic (exact) mass is 345 g/mol. The molecule has 0 radical (unpaired) electrons. The van der Waals surface area contributed by atoms with Crippen LogP contribution in [0.2, 0.25) is 0 Å². The van der Waals surface area contributed by atoms with Gasteiger partial charge >= 0.3 is 0 Å². The van der Waals surface area contributed by atoms with Crippen molar-refractivity contribution in [2.45, 2.75) is 26.4 Å². The van der Waals surface area contributed by atoms with Gasteiger partial charge in [-0.25, -0.2) is 19.0 Å². The second kappa shape index (κ2) is 6.88. The van der Waals surface area contributed by atoms with Crippen LogP contribution in [-0.4, -0.2) is 25.7 Å². The highest BCUT2D eigenvalue weighted by Gasteiger charge is 2.18. The van der Waals surface area contributed by atoms with E-state index < -0.39 is 0 Å². The minimum atomic E-state index is -0.305. The number of thiazole rings is 1. The molecule has 6 nitrogen and oxygen atoms in total. The summed E-state index contributed by atoms with van der Waals surface area (Å²) in [7, 11) is 0. The van der Waals surface area contributed by atoms with E-state index >= 15 is 0 Å². The highest BCUT2D eigenvalue weighted by Crippen LogP contribution is 2.32. The molecule has 3 aromatic rings. The summed E-state index contributed by atoms with van der Waals surface area (Å²) in [5, 5.41) is 7.41. The first-order chi connectivity index (χ1) is 11.5. The van der Waals surface area contributed by atoms with Crippen LogP contribution in [0.4, 0.5) is 4.39 Å². The van der Waals surface area contributed by atoms with Crippen LogP contribution in [0.25, 0.3) is 10.6 Å². The lowest BCUT2D eigenvalue weighted by Crippen LogP contribution is -2.30. The van der Waals surface area contributed by atoms with Crippen LogP contribution in [0.1, 0.15) is 23.5 Å². The van der Waals surface area contributed by atoms with Gasteiger partial charge in [-0.15, -0.1) is 11.3 Å². The summed E-state index contributed by atoms with van der Waals surface area (Å²) in [6, 6.07) is 6.31. The second-order valence-corrected chi connectivity index (χ2v) is 6.36. The third kappa shape index (κ3) is 3.48. The average molecular weight is 345 g/mol. The zero-order chi connectivity index (χ0) is 17.1. The summed E-state index contributed by atoms with van der Waals surface area (Å²) >= 11 is 1.38. The lowest BCUT2D eigenvalue weighted by Gasteiger charge is -2.12. The van der Waals surface area contributed by atoms with Gasteiger partial charge < -0.3 is 5.32 Å². The summed E-state index contributed by atoms with van der Waals surface area (Å²) in [6.07, 6.45) is 2.86. The second-order valence-electron chi connectivity index (χ2n) is 5.33. The first-order valence-corrected chi connectivity index (χ1v) is 8.20. The quantitative estimate of drug-likeness (QED) is 0.772. The van der Waals surface area contributed by atoms with Gasteiger partial charge in [0.1, 0.15) is 30.0 Å². The van der Waals surface area contributed by atoms with Crippen LogP contribution < -0.4 is 5.32 Å². The van der Waals surface area contributed by atoms with Crippen molar-refractivity contribution < 1.29 is 9.18 Å². The number of hydrogen-bond donors (Lipinski definition) is 1. The van der Waals surface area contributed by atoms with Gasteiger partial charge in [-0.05, 0) is 26.0 Å². The fourth-order valence-electron chi connectivity index (χ4n) is 2.37. The molecule has 1 N–H and O–H groups in total. The molecule has 1 unspecified atom stereocenters. The van der Waals surface area contributed by atoms with Crippen LogP contribution in [0.5, 0.6) is 0 Å². The molecule has 2 heterocycles. The summed E-state index contributed by atoms with van der Waals surface area (Å²) in [6.45, 7) is 3.84. The highest BCUT2D eigenvalue weighted by molar-refractivity contribution is 7.15. The van der Waals surface area contributed by atoms with Gasteiger partial charge in [0.2, 0.25) is 5.91 Å². The largest absolute Gasteiger partial charge is 0.347 e. The van der Waals surface area contributed by atoms with Crippen molar-refractivity contribution in [3.63, 3.8) is 0 Å². The number of rotatable bonds is 5. The Kier molecular flexibility index (Phi) is 4.66. The van der Waals surface area contributed by atoms with Crippen molar-refractivity contribution in [2.24, 2.45) is 0 Å². The molecule has 24 heavy (non-hydrogen) atoms. The standard InChI is InChI=1S/C16H16FN5OS/c1-10(20-14(23)7-22-9-18-8-19-22)15-11(2)21-16(24-15)12-5-3-4-6-13(12)17/h3-6,8-10H,7H2,1-2H3,(H,20,23). The Morgan fingerprint density at radius 1 is 1.42 bits per heavy atom. The number of carbonyl (C=O) groups excluding carboxylic acids is 1. The van der Waals surface area contributed by atoms with E-state index in [1.54, 1.807) is 18.2 Å². The molecule has 0 bridgehead atoms. The Morgan fingerprint density at radius 3 is 2.92 bits per heavy atom. The van der Waals surface area contributed by atoms with E-state index in [0.717, 1.165) is 10.6 Å². The maximum Gasteiger partial charge on any atom is 0.242 e. The maximum absolute atomic E-state index is 13.9.